The molecule has 0 saturated heterocycles. The van der Waals surface area contributed by atoms with Crippen LogP contribution in [0.5, 0.6) is 0 Å². The van der Waals surface area contributed by atoms with E-state index in [1.807, 2.05) is 12.1 Å². The fourth-order valence-corrected chi connectivity index (χ4v) is 5.83. The summed E-state index contributed by atoms with van der Waals surface area (Å²) >= 11 is 0. The van der Waals surface area contributed by atoms with E-state index in [-0.39, 0.29) is 0 Å². The zero-order valence-corrected chi connectivity index (χ0v) is 22.8. The Bertz CT molecular complexity index is 1790. The SMILES string of the molecule is Cc1nc2c(cc1-c1n(-c3c(C(C)C)cccc3C(C)C)c3ccccc3[n+]1C)oc1cccc(C)c12. The molecule has 3 aromatic carbocycles. The van der Waals surface area contributed by atoms with E-state index >= 15 is 0 Å². The van der Waals surface area contributed by atoms with Crippen LogP contribution in [0.4, 0.5) is 0 Å². The first-order valence-corrected chi connectivity index (χ1v) is 13.2. The number of aryl methyl sites for hydroxylation is 3. The van der Waals surface area contributed by atoms with Crippen molar-refractivity contribution < 1.29 is 8.98 Å². The van der Waals surface area contributed by atoms with Gasteiger partial charge in [-0.15, -0.1) is 0 Å². The molecule has 0 fully saturated rings. The minimum atomic E-state index is 0.382. The Kier molecular flexibility index (Phi) is 5.45. The van der Waals surface area contributed by atoms with Gasteiger partial charge in [0.25, 0.3) is 5.82 Å². The van der Waals surface area contributed by atoms with Gasteiger partial charge in [-0.25, -0.2) is 9.55 Å². The van der Waals surface area contributed by atoms with E-state index < -0.39 is 0 Å². The number of hydrogen-bond acceptors (Lipinski definition) is 2. The predicted molar refractivity (Wildman–Crippen MR) is 153 cm³/mol. The quantitative estimate of drug-likeness (QED) is 0.234. The Morgan fingerprint density at radius 1 is 0.811 bits per heavy atom. The Morgan fingerprint density at radius 3 is 2.19 bits per heavy atom. The second-order valence-electron chi connectivity index (χ2n) is 10.8. The highest BCUT2D eigenvalue weighted by atomic mass is 16.3. The van der Waals surface area contributed by atoms with Gasteiger partial charge in [0, 0.05) is 22.6 Å². The molecule has 0 bridgehead atoms. The van der Waals surface area contributed by atoms with Crippen LogP contribution in [0.3, 0.4) is 0 Å². The number of benzene rings is 3. The first-order chi connectivity index (χ1) is 17.8. The lowest BCUT2D eigenvalue weighted by molar-refractivity contribution is -0.633. The van der Waals surface area contributed by atoms with Crippen molar-refractivity contribution >= 4 is 33.1 Å². The number of aromatic nitrogens is 3. The first-order valence-electron chi connectivity index (χ1n) is 13.2. The van der Waals surface area contributed by atoms with E-state index in [9.17, 15) is 0 Å². The average molecular weight is 489 g/mol. The minimum Gasteiger partial charge on any atom is -0.454 e. The number of imidazole rings is 1. The highest BCUT2D eigenvalue weighted by molar-refractivity contribution is 6.05. The summed E-state index contributed by atoms with van der Waals surface area (Å²) in [6.07, 6.45) is 0. The largest absolute Gasteiger partial charge is 0.454 e. The lowest BCUT2D eigenvalue weighted by atomic mass is 9.92. The molecule has 186 valence electrons. The van der Waals surface area contributed by atoms with E-state index in [4.69, 9.17) is 9.40 Å². The predicted octanol–water partition coefficient (Wildman–Crippen LogP) is 8.28. The molecule has 0 aliphatic rings. The van der Waals surface area contributed by atoms with Crippen LogP contribution >= 0.6 is 0 Å². The third kappa shape index (κ3) is 3.50. The molecule has 3 aromatic heterocycles. The Morgan fingerprint density at radius 2 is 1.49 bits per heavy atom. The summed E-state index contributed by atoms with van der Waals surface area (Å²) in [4.78, 5) is 5.14. The lowest BCUT2D eigenvalue weighted by Crippen LogP contribution is -2.30. The van der Waals surface area contributed by atoms with E-state index in [1.54, 1.807) is 0 Å². The van der Waals surface area contributed by atoms with Gasteiger partial charge in [0.05, 0.1) is 18.3 Å². The van der Waals surface area contributed by atoms with Gasteiger partial charge in [-0.05, 0) is 49.4 Å². The van der Waals surface area contributed by atoms with Crippen molar-refractivity contribution in [2.24, 2.45) is 7.05 Å². The van der Waals surface area contributed by atoms with Crippen LogP contribution in [-0.4, -0.2) is 9.55 Å². The van der Waals surface area contributed by atoms with Crippen LogP contribution < -0.4 is 4.57 Å². The monoisotopic (exact) mass is 488 g/mol. The third-order valence-corrected chi connectivity index (χ3v) is 7.69. The van der Waals surface area contributed by atoms with Crippen LogP contribution in [-0.2, 0) is 7.05 Å². The smallest absolute Gasteiger partial charge is 0.296 e. The normalized spacial score (nSPS) is 12.1. The van der Waals surface area contributed by atoms with Crippen LogP contribution in [0.1, 0.15) is 61.9 Å². The molecule has 4 nitrogen and oxygen atoms in total. The zero-order chi connectivity index (χ0) is 26.0. The standard InChI is InChI=1S/C33H34N3O/c1-19(2)23-13-11-14-24(20(3)4)32(23)36-27-16-9-8-15-26(27)35(7)33(36)25-18-29-31(34-22(25)6)30-21(5)12-10-17-28(30)37-29/h8-20H,1-7H3/q+1. The molecule has 4 heteroatoms. The van der Waals surface area contributed by atoms with Gasteiger partial charge in [0.2, 0.25) is 0 Å². The van der Waals surface area contributed by atoms with Gasteiger partial charge in [-0.1, -0.05) is 70.2 Å². The molecule has 0 atom stereocenters. The number of fused-ring (bicyclic) bond motifs is 4. The maximum atomic E-state index is 6.35. The fraction of sp³-hybridized carbons (Fsp3) is 0.273. The average Bonchev–Trinajstić information content (AvgIpc) is 3.38. The topological polar surface area (TPSA) is 34.8 Å². The maximum absolute atomic E-state index is 6.35. The summed E-state index contributed by atoms with van der Waals surface area (Å²) in [5.74, 6) is 1.88. The summed E-state index contributed by atoms with van der Waals surface area (Å²) in [6.45, 7) is 13.4. The molecular formula is C33H34N3O+. The molecule has 0 radical (unpaired) electrons. The summed E-state index contributed by atoms with van der Waals surface area (Å²) < 4.78 is 11.1. The molecular weight excluding hydrogens is 454 g/mol. The molecule has 0 unspecified atom stereocenters. The molecule has 0 aliphatic heterocycles. The molecule has 0 aliphatic carbocycles. The minimum absolute atomic E-state index is 0.382. The van der Waals surface area contributed by atoms with Crippen molar-refractivity contribution in [1.82, 2.24) is 9.55 Å². The molecule has 0 amide bonds. The molecule has 3 heterocycles. The van der Waals surface area contributed by atoms with Crippen molar-refractivity contribution in [2.75, 3.05) is 0 Å². The molecule has 0 spiro atoms. The van der Waals surface area contributed by atoms with Crippen LogP contribution in [0.2, 0.25) is 0 Å². The van der Waals surface area contributed by atoms with Gasteiger partial charge in [0.15, 0.2) is 16.6 Å². The molecule has 0 saturated carbocycles. The molecule has 6 rings (SSSR count). The van der Waals surface area contributed by atoms with Crippen LogP contribution in [0.15, 0.2) is 71.1 Å². The Balaban J connectivity index is 1.76. The van der Waals surface area contributed by atoms with Crippen molar-refractivity contribution in [3.63, 3.8) is 0 Å². The number of furan rings is 1. The van der Waals surface area contributed by atoms with Crippen molar-refractivity contribution in [3.05, 3.63) is 89.1 Å². The molecule has 6 aromatic rings. The number of nitrogens with zero attached hydrogens (tertiary/aromatic N) is 3. The van der Waals surface area contributed by atoms with E-state index in [1.165, 1.54) is 33.4 Å². The second kappa shape index (κ2) is 8.58. The zero-order valence-electron chi connectivity index (χ0n) is 22.8. The number of para-hydroxylation sites is 3. The molecule has 0 N–H and O–H groups in total. The third-order valence-electron chi connectivity index (χ3n) is 7.69. The fourth-order valence-electron chi connectivity index (χ4n) is 5.83. The van der Waals surface area contributed by atoms with E-state index in [0.717, 1.165) is 39.2 Å². The van der Waals surface area contributed by atoms with Gasteiger partial charge in [-0.2, -0.15) is 4.57 Å². The van der Waals surface area contributed by atoms with Gasteiger partial charge in [-0.3, -0.25) is 0 Å². The second-order valence-corrected chi connectivity index (χ2v) is 10.8. The maximum Gasteiger partial charge on any atom is 0.296 e. The van der Waals surface area contributed by atoms with Gasteiger partial charge in [0.1, 0.15) is 16.8 Å². The van der Waals surface area contributed by atoms with E-state index in [0.29, 0.717) is 11.8 Å². The van der Waals surface area contributed by atoms with Crippen molar-refractivity contribution in [2.45, 2.75) is 53.4 Å². The summed E-state index contributed by atoms with van der Waals surface area (Å²) in [6, 6.07) is 23.8. The Labute approximate surface area is 218 Å². The van der Waals surface area contributed by atoms with E-state index in [2.05, 4.69) is 112 Å². The molecule has 37 heavy (non-hydrogen) atoms. The Hall–Kier alpha value is -3.92. The van der Waals surface area contributed by atoms with Gasteiger partial charge < -0.3 is 4.42 Å². The lowest BCUT2D eigenvalue weighted by Gasteiger charge is -2.18. The van der Waals surface area contributed by atoms with Gasteiger partial charge >= 0.3 is 0 Å². The first kappa shape index (κ1) is 23.5. The highest BCUT2D eigenvalue weighted by Crippen LogP contribution is 2.39. The number of hydrogen-bond donors (Lipinski definition) is 0. The van der Waals surface area contributed by atoms with Crippen LogP contribution in [0.25, 0.3) is 50.2 Å². The van der Waals surface area contributed by atoms with Crippen LogP contribution in [0, 0.1) is 13.8 Å². The summed E-state index contributed by atoms with van der Waals surface area (Å²) in [5.41, 5.74) is 12.2. The summed E-state index contributed by atoms with van der Waals surface area (Å²) in [7, 11) is 2.16. The van der Waals surface area contributed by atoms with Crippen molar-refractivity contribution in [1.29, 1.82) is 0 Å². The van der Waals surface area contributed by atoms with Crippen molar-refractivity contribution in [3.8, 4) is 17.1 Å². The number of rotatable bonds is 4. The summed E-state index contributed by atoms with van der Waals surface area (Å²) in [5, 5.41) is 1.10. The number of pyridine rings is 1. The highest BCUT2D eigenvalue weighted by Gasteiger charge is 2.32.